The number of anilines is 2. The molecule has 14 heteroatoms. The van der Waals surface area contributed by atoms with Crippen LogP contribution in [0.1, 0.15) is 65.3 Å². The van der Waals surface area contributed by atoms with E-state index in [1.165, 1.54) is 6.33 Å². The van der Waals surface area contributed by atoms with Crippen LogP contribution in [-0.2, 0) is 9.59 Å². The summed E-state index contributed by atoms with van der Waals surface area (Å²) in [5, 5.41) is 8.21. The average molecular weight is 752 g/mol. The lowest BCUT2D eigenvalue weighted by Crippen LogP contribution is -2.62. The third-order valence-electron chi connectivity index (χ3n) is 12.5. The van der Waals surface area contributed by atoms with Crippen molar-refractivity contribution in [3.63, 3.8) is 0 Å². The molecule has 56 heavy (non-hydrogen) atoms. The van der Waals surface area contributed by atoms with Crippen molar-refractivity contribution >= 4 is 46.2 Å². The number of imide groups is 2. The lowest BCUT2D eigenvalue weighted by Gasteiger charge is -2.52. The second kappa shape index (κ2) is 13.6. The van der Waals surface area contributed by atoms with Gasteiger partial charge in [-0.25, -0.2) is 14.6 Å². The number of hydrogen-bond acceptors (Lipinski definition) is 11. The Balaban J connectivity index is 0.812. The van der Waals surface area contributed by atoms with E-state index in [9.17, 15) is 19.2 Å². The Kier molecular flexibility index (Phi) is 8.31. The summed E-state index contributed by atoms with van der Waals surface area (Å²) in [5.41, 5.74) is 10.4. The Bertz CT molecular complexity index is 2390. The zero-order chi connectivity index (χ0) is 38.1. The average Bonchev–Trinajstić information content (AvgIpc) is 3.70. The van der Waals surface area contributed by atoms with Gasteiger partial charge in [-0.05, 0) is 105 Å². The molecule has 3 aromatic carbocycles. The standard InChI is InChI=1S/C42H41N9O5/c43-38-36-37(25-7-11-31(12-8-25)56-30-4-2-1-3-5-30)47-51(39(36)45-23-44-38)28-9-6-24-16-17-48(20-26(24)18-28)29-21-49(22-29)27-10-13-32-33(19-27)42(55)50(41(32)54)34-14-15-35(52)46-40(34)53/h1-5,7-8,10-13,19,23-24,26,28-29,34H,6,9,14-18,20-22H2,(H2,43,44,45)(H,46,52,53). The topological polar surface area (TPSA) is 169 Å². The highest BCUT2D eigenvalue weighted by molar-refractivity contribution is 6.23. The highest BCUT2D eigenvalue weighted by atomic mass is 16.5. The van der Waals surface area contributed by atoms with E-state index in [0.717, 1.165) is 96.2 Å². The van der Waals surface area contributed by atoms with Crippen molar-refractivity contribution in [2.75, 3.05) is 36.8 Å². The normalized spacial score (nSPS) is 24.2. The van der Waals surface area contributed by atoms with E-state index in [-0.39, 0.29) is 24.8 Å². The van der Waals surface area contributed by atoms with Crippen molar-refractivity contribution in [1.29, 1.82) is 0 Å². The van der Waals surface area contributed by atoms with Crippen molar-refractivity contribution in [2.45, 2.75) is 56.7 Å². The zero-order valence-corrected chi connectivity index (χ0v) is 30.7. The second-order valence-corrected chi connectivity index (χ2v) is 15.7. The molecule has 0 spiro atoms. The number of nitrogens with zero attached hydrogens (tertiary/aromatic N) is 7. The quantitative estimate of drug-likeness (QED) is 0.219. The van der Waals surface area contributed by atoms with E-state index in [2.05, 4.69) is 24.8 Å². The minimum atomic E-state index is -0.974. The number of amides is 4. The minimum Gasteiger partial charge on any atom is -0.457 e. The van der Waals surface area contributed by atoms with Crippen molar-refractivity contribution in [3.8, 4) is 22.8 Å². The van der Waals surface area contributed by atoms with Gasteiger partial charge in [0.15, 0.2) is 5.65 Å². The number of piperidine rings is 2. The Morgan fingerprint density at radius 2 is 1.55 bits per heavy atom. The lowest BCUT2D eigenvalue weighted by molar-refractivity contribution is -0.136. The number of fused-ring (bicyclic) bond motifs is 3. The number of rotatable bonds is 7. The molecule has 3 N–H and O–H groups in total. The summed E-state index contributed by atoms with van der Waals surface area (Å²) < 4.78 is 8.12. The number of likely N-dealkylation sites (tertiary alicyclic amines) is 1. The monoisotopic (exact) mass is 751 g/mol. The van der Waals surface area contributed by atoms with Gasteiger partial charge in [0, 0.05) is 43.3 Å². The first-order valence-corrected chi connectivity index (χ1v) is 19.5. The van der Waals surface area contributed by atoms with Gasteiger partial charge in [0.25, 0.3) is 11.8 Å². The molecule has 4 unspecified atom stereocenters. The van der Waals surface area contributed by atoms with Crippen LogP contribution >= 0.6 is 0 Å². The molecule has 3 saturated heterocycles. The van der Waals surface area contributed by atoms with Crippen molar-refractivity contribution in [1.82, 2.24) is 34.9 Å². The van der Waals surface area contributed by atoms with E-state index in [1.807, 2.05) is 60.7 Å². The highest BCUT2D eigenvalue weighted by Crippen LogP contribution is 2.44. The summed E-state index contributed by atoms with van der Waals surface area (Å²) in [5.74, 6) is 1.16. The predicted octanol–water partition coefficient (Wildman–Crippen LogP) is 4.82. The van der Waals surface area contributed by atoms with Gasteiger partial charge < -0.3 is 15.4 Å². The maximum Gasteiger partial charge on any atom is 0.262 e. The molecule has 4 atom stereocenters. The second-order valence-electron chi connectivity index (χ2n) is 15.7. The molecule has 4 aliphatic heterocycles. The predicted molar refractivity (Wildman–Crippen MR) is 207 cm³/mol. The maximum absolute atomic E-state index is 13.4. The summed E-state index contributed by atoms with van der Waals surface area (Å²) in [6.07, 6.45) is 6.09. The third-order valence-corrected chi connectivity index (χ3v) is 12.5. The maximum atomic E-state index is 13.4. The first-order chi connectivity index (χ1) is 27.3. The van der Waals surface area contributed by atoms with Gasteiger partial charge in [-0.2, -0.15) is 5.10 Å². The fraction of sp³-hybridized carbons (Fsp3) is 0.357. The molecule has 1 aliphatic carbocycles. The van der Waals surface area contributed by atoms with Gasteiger partial charge in [-0.1, -0.05) is 18.2 Å². The van der Waals surface area contributed by atoms with Crippen LogP contribution in [0, 0.1) is 11.8 Å². The Morgan fingerprint density at radius 1 is 0.768 bits per heavy atom. The highest BCUT2D eigenvalue weighted by Gasteiger charge is 2.46. The first kappa shape index (κ1) is 34.3. The van der Waals surface area contributed by atoms with Crippen LogP contribution in [0.5, 0.6) is 11.5 Å². The number of carbonyl (C=O) groups is 4. The molecule has 0 bridgehead atoms. The summed E-state index contributed by atoms with van der Waals surface area (Å²) in [6, 6.07) is 22.6. The Labute approximate surface area is 322 Å². The summed E-state index contributed by atoms with van der Waals surface area (Å²) in [4.78, 5) is 65.7. The number of aromatic nitrogens is 4. The molecular formula is C42H41N9O5. The van der Waals surface area contributed by atoms with Gasteiger partial charge in [0.05, 0.1) is 22.6 Å². The third kappa shape index (κ3) is 5.86. The van der Waals surface area contributed by atoms with Gasteiger partial charge >= 0.3 is 0 Å². The Morgan fingerprint density at radius 3 is 2.36 bits per heavy atom. The van der Waals surface area contributed by atoms with E-state index in [1.54, 1.807) is 12.1 Å². The van der Waals surface area contributed by atoms with E-state index < -0.39 is 23.8 Å². The van der Waals surface area contributed by atoms with Gasteiger partial charge in [0.1, 0.15) is 35.4 Å². The molecular weight excluding hydrogens is 711 g/mol. The number of para-hydroxylation sites is 1. The first-order valence-electron chi connectivity index (χ1n) is 19.5. The number of benzene rings is 3. The summed E-state index contributed by atoms with van der Waals surface area (Å²) in [6.45, 7) is 3.74. The number of carbonyl (C=O) groups excluding carboxylic acids is 4. The van der Waals surface area contributed by atoms with Crippen LogP contribution in [0.2, 0.25) is 0 Å². The number of nitrogens with one attached hydrogen (secondary N) is 1. The summed E-state index contributed by atoms with van der Waals surface area (Å²) in [7, 11) is 0. The molecule has 6 heterocycles. The number of nitrogen functional groups attached to an aromatic ring is 1. The van der Waals surface area contributed by atoms with Crippen molar-refractivity contribution in [2.24, 2.45) is 11.8 Å². The zero-order valence-electron chi connectivity index (χ0n) is 30.7. The van der Waals surface area contributed by atoms with Crippen LogP contribution < -0.4 is 20.7 Å². The van der Waals surface area contributed by atoms with E-state index in [0.29, 0.717) is 34.8 Å². The smallest absolute Gasteiger partial charge is 0.262 e. The molecule has 0 radical (unpaired) electrons. The molecule has 1 saturated carbocycles. The number of hydrogen-bond donors (Lipinski definition) is 2. The van der Waals surface area contributed by atoms with Gasteiger partial charge in [-0.15, -0.1) is 0 Å². The van der Waals surface area contributed by atoms with E-state index >= 15 is 0 Å². The fourth-order valence-electron chi connectivity index (χ4n) is 9.49. The molecule has 284 valence electrons. The molecule has 2 aromatic heterocycles. The fourth-order valence-corrected chi connectivity index (χ4v) is 9.49. The lowest BCUT2D eigenvalue weighted by atomic mass is 9.72. The van der Waals surface area contributed by atoms with Crippen LogP contribution in [0.25, 0.3) is 22.3 Å². The molecule has 5 aromatic rings. The van der Waals surface area contributed by atoms with Crippen LogP contribution in [-0.4, -0.2) is 91.4 Å². The Hall–Kier alpha value is -6.15. The van der Waals surface area contributed by atoms with Crippen LogP contribution in [0.3, 0.4) is 0 Å². The molecule has 10 rings (SSSR count). The van der Waals surface area contributed by atoms with Crippen molar-refractivity contribution in [3.05, 3.63) is 90.3 Å². The molecule has 5 aliphatic rings. The van der Waals surface area contributed by atoms with Gasteiger partial charge in [0.2, 0.25) is 11.8 Å². The number of nitrogens with two attached hydrogens (primary N) is 1. The van der Waals surface area contributed by atoms with Crippen molar-refractivity contribution < 1.29 is 23.9 Å². The SMILES string of the molecule is Nc1ncnc2c1c(-c1ccc(Oc3ccccc3)cc1)nn2C1CCC2CCN(C3CN(c4ccc5c(c4)C(=O)N(C4CCC(=O)NC4=O)C5=O)C3)CC2C1. The minimum absolute atomic E-state index is 0.0930. The molecule has 14 nitrogen and oxygen atoms in total. The van der Waals surface area contributed by atoms with Crippen LogP contribution in [0.15, 0.2) is 79.1 Å². The van der Waals surface area contributed by atoms with Gasteiger partial charge in [-0.3, -0.25) is 34.3 Å². The molecule has 4 fully saturated rings. The van der Waals surface area contributed by atoms with E-state index in [4.69, 9.17) is 20.6 Å². The number of ether oxygens (including phenoxy) is 1. The summed E-state index contributed by atoms with van der Waals surface area (Å²) >= 11 is 0. The largest absolute Gasteiger partial charge is 0.457 e. The molecule has 4 amide bonds. The van der Waals surface area contributed by atoms with Crippen LogP contribution in [0.4, 0.5) is 11.5 Å².